The van der Waals surface area contributed by atoms with Gasteiger partial charge in [-0.1, -0.05) is 18.2 Å². The van der Waals surface area contributed by atoms with Gasteiger partial charge in [0.15, 0.2) is 5.82 Å². The third kappa shape index (κ3) is 2.33. The molecule has 0 saturated carbocycles. The Morgan fingerprint density at radius 3 is 2.47 bits per heavy atom. The molecule has 0 bridgehead atoms. The fourth-order valence-corrected chi connectivity index (χ4v) is 1.67. The molecule has 3 aromatic rings. The van der Waals surface area contributed by atoms with Crippen molar-refractivity contribution in [1.29, 1.82) is 0 Å². The summed E-state index contributed by atoms with van der Waals surface area (Å²) in [5.41, 5.74) is 2.18. The van der Waals surface area contributed by atoms with E-state index >= 15 is 0 Å². The molecule has 2 heterocycles. The van der Waals surface area contributed by atoms with Crippen LogP contribution < -0.4 is 5.32 Å². The van der Waals surface area contributed by atoms with Gasteiger partial charge in [0.25, 0.3) is 0 Å². The maximum Gasteiger partial charge on any atom is 0.205 e. The minimum atomic E-state index is 0.509. The number of nitrogens with one attached hydrogen (secondary N) is 1. The summed E-state index contributed by atoms with van der Waals surface area (Å²) in [5, 5.41) is 3.06. The second kappa shape index (κ2) is 4.70. The number of aromatic nitrogens is 3. The van der Waals surface area contributed by atoms with Gasteiger partial charge in [0, 0.05) is 6.20 Å². The van der Waals surface area contributed by atoms with Gasteiger partial charge in [-0.3, -0.25) is 9.97 Å². The Morgan fingerprint density at radius 2 is 1.74 bits per heavy atom. The van der Waals surface area contributed by atoms with Crippen molar-refractivity contribution in [3.05, 3.63) is 60.2 Å². The average molecular weight is 247 g/mol. The molecule has 0 aliphatic carbocycles. The molecule has 0 spiro atoms. The zero-order valence-corrected chi connectivity index (χ0v) is 9.91. The maximum atomic E-state index is 6.87. The number of hydrogen-bond acceptors (Lipinski definition) is 4. The highest BCUT2D eigenvalue weighted by Gasteiger charge is 2.00. The largest absolute Gasteiger partial charge is 0.324 e. The van der Waals surface area contributed by atoms with Crippen LogP contribution >= 0.6 is 0 Å². The van der Waals surface area contributed by atoms with Crippen molar-refractivity contribution in [3.63, 3.8) is 0 Å². The van der Waals surface area contributed by atoms with E-state index in [1.165, 1.54) is 6.20 Å². The third-order valence-electron chi connectivity index (χ3n) is 2.58. The van der Waals surface area contributed by atoms with Gasteiger partial charge in [-0.15, -0.1) is 0 Å². The number of nitrogens with zero attached hydrogens (tertiary/aromatic N) is 4. The van der Waals surface area contributed by atoms with Crippen molar-refractivity contribution in [2.45, 2.75) is 0 Å². The molecule has 2 aromatic heterocycles. The van der Waals surface area contributed by atoms with Crippen LogP contribution in [-0.4, -0.2) is 15.0 Å². The van der Waals surface area contributed by atoms with Gasteiger partial charge < -0.3 is 5.32 Å². The topological polar surface area (TPSA) is 55.1 Å². The van der Waals surface area contributed by atoms with Crippen molar-refractivity contribution in [1.82, 2.24) is 15.0 Å². The van der Waals surface area contributed by atoms with Crippen LogP contribution in [-0.2, 0) is 0 Å². The maximum absolute atomic E-state index is 6.87. The van der Waals surface area contributed by atoms with Crippen LogP contribution in [0.3, 0.4) is 0 Å². The van der Waals surface area contributed by atoms with Crippen LogP contribution in [0.15, 0.2) is 48.8 Å². The van der Waals surface area contributed by atoms with E-state index in [2.05, 4.69) is 25.1 Å². The normalized spacial score (nSPS) is 10.1. The van der Waals surface area contributed by atoms with E-state index in [9.17, 15) is 0 Å². The molecule has 0 unspecified atom stereocenters. The van der Waals surface area contributed by atoms with Gasteiger partial charge in [0.2, 0.25) is 5.69 Å². The fraction of sp³-hybridized carbons (Fsp3) is 0. The molecular formula is C14H9N5. The molecule has 5 heteroatoms. The van der Waals surface area contributed by atoms with Crippen molar-refractivity contribution in [2.24, 2.45) is 0 Å². The van der Waals surface area contributed by atoms with Gasteiger partial charge in [-0.25, -0.2) is 9.83 Å². The lowest BCUT2D eigenvalue weighted by atomic mass is 10.3. The zero-order chi connectivity index (χ0) is 13.1. The van der Waals surface area contributed by atoms with E-state index < -0.39 is 0 Å². The highest BCUT2D eigenvalue weighted by Crippen LogP contribution is 2.17. The highest BCUT2D eigenvalue weighted by molar-refractivity contribution is 5.75. The first-order chi connectivity index (χ1) is 9.35. The molecule has 0 aliphatic heterocycles. The average Bonchev–Trinajstić information content (AvgIpc) is 2.48. The van der Waals surface area contributed by atoms with Gasteiger partial charge in [-0.2, -0.15) is 0 Å². The minimum absolute atomic E-state index is 0.509. The second-order valence-electron chi connectivity index (χ2n) is 3.88. The molecule has 3 rings (SSSR count). The predicted molar refractivity (Wildman–Crippen MR) is 73.3 cm³/mol. The molecule has 0 amide bonds. The van der Waals surface area contributed by atoms with Crippen molar-refractivity contribution >= 4 is 28.4 Å². The summed E-state index contributed by atoms with van der Waals surface area (Å²) in [6.45, 7) is 6.87. The molecule has 0 saturated heterocycles. The highest BCUT2D eigenvalue weighted by atomic mass is 15.1. The Labute approximate surface area is 109 Å². The Kier molecular flexibility index (Phi) is 2.75. The van der Waals surface area contributed by atoms with Gasteiger partial charge in [0.05, 0.1) is 23.8 Å². The summed E-state index contributed by atoms with van der Waals surface area (Å²) >= 11 is 0. The Morgan fingerprint density at radius 1 is 0.895 bits per heavy atom. The molecule has 0 atom stereocenters. The number of hydrogen-bond donors (Lipinski definition) is 1. The lowest BCUT2D eigenvalue weighted by Gasteiger charge is -2.05. The van der Waals surface area contributed by atoms with Crippen molar-refractivity contribution in [3.8, 4) is 0 Å². The molecule has 19 heavy (non-hydrogen) atoms. The summed E-state index contributed by atoms with van der Waals surface area (Å²) < 4.78 is 0. The Balaban J connectivity index is 1.90. The molecule has 90 valence electrons. The first-order valence-corrected chi connectivity index (χ1v) is 5.67. The molecular weight excluding hydrogens is 238 g/mol. The number of benzene rings is 1. The van der Waals surface area contributed by atoms with Crippen LogP contribution in [0, 0.1) is 6.57 Å². The van der Waals surface area contributed by atoms with E-state index in [0.717, 1.165) is 11.0 Å². The molecule has 5 nitrogen and oxygen atoms in total. The summed E-state index contributed by atoms with van der Waals surface area (Å²) in [5.74, 6) is 1.26. The standard InChI is InChI=1S/C14H9N5/c1-15-10-6-7-13(17-8-10)19-14-9-16-11-4-2-3-5-12(11)18-14/h2-9H,(H,17,18,19). The minimum Gasteiger partial charge on any atom is -0.324 e. The molecule has 1 N–H and O–H groups in total. The molecule has 1 aromatic carbocycles. The summed E-state index contributed by atoms with van der Waals surface area (Å²) in [4.78, 5) is 16.2. The van der Waals surface area contributed by atoms with Crippen molar-refractivity contribution in [2.75, 3.05) is 5.32 Å². The van der Waals surface area contributed by atoms with E-state index in [1.807, 2.05) is 24.3 Å². The number of rotatable bonds is 2. The first kappa shape index (κ1) is 11.1. The van der Waals surface area contributed by atoms with Gasteiger partial charge in [0.1, 0.15) is 5.82 Å². The summed E-state index contributed by atoms with van der Waals surface area (Å²) in [6, 6.07) is 11.1. The van der Waals surface area contributed by atoms with Crippen LogP contribution in [0.1, 0.15) is 0 Å². The number of fused-ring (bicyclic) bond motifs is 1. The van der Waals surface area contributed by atoms with E-state index in [4.69, 9.17) is 6.57 Å². The molecule has 0 fully saturated rings. The van der Waals surface area contributed by atoms with Crippen LogP contribution in [0.2, 0.25) is 0 Å². The lowest BCUT2D eigenvalue weighted by Crippen LogP contribution is -1.96. The van der Waals surface area contributed by atoms with Crippen molar-refractivity contribution < 1.29 is 0 Å². The monoisotopic (exact) mass is 247 g/mol. The molecule has 0 radical (unpaired) electrons. The second-order valence-corrected chi connectivity index (χ2v) is 3.88. The zero-order valence-electron chi connectivity index (χ0n) is 9.91. The SMILES string of the molecule is [C-]#[N+]c1ccc(Nc2cnc3ccccc3n2)nc1. The number of para-hydroxylation sites is 2. The van der Waals surface area contributed by atoms with Crippen LogP contribution in [0.5, 0.6) is 0 Å². The number of anilines is 2. The van der Waals surface area contributed by atoms with Gasteiger partial charge in [-0.05, 0) is 18.2 Å². The van der Waals surface area contributed by atoms with Crippen LogP contribution in [0.4, 0.5) is 17.3 Å². The Bertz CT molecular complexity index is 759. The van der Waals surface area contributed by atoms with E-state index in [-0.39, 0.29) is 0 Å². The Hall–Kier alpha value is -3.00. The van der Waals surface area contributed by atoms with E-state index in [1.54, 1.807) is 18.3 Å². The van der Waals surface area contributed by atoms with E-state index in [0.29, 0.717) is 17.3 Å². The predicted octanol–water partition coefficient (Wildman–Crippen LogP) is 3.32. The summed E-state index contributed by atoms with van der Waals surface area (Å²) in [6.07, 6.45) is 3.18. The fourth-order valence-electron chi connectivity index (χ4n) is 1.67. The summed E-state index contributed by atoms with van der Waals surface area (Å²) in [7, 11) is 0. The quantitative estimate of drug-likeness (QED) is 0.706. The lowest BCUT2D eigenvalue weighted by molar-refractivity contribution is 1.24. The van der Waals surface area contributed by atoms with Crippen LogP contribution in [0.25, 0.3) is 15.9 Å². The first-order valence-electron chi connectivity index (χ1n) is 5.67. The third-order valence-corrected chi connectivity index (χ3v) is 2.58. The van der Waals surface area contributed by atoms with Gasteiger partial charge >= 0.3 is 0 Å². The number of pyridine rings is 1. The molecule has 0 aliphatic rings. The smallest absolute Gasteiger partial charge is 0.205 e.